The van der Waals surface area contributed by atoms with E-state index in [-0.39, 0.29) is 7.43 Å². The monoisotopic (exact) mass is 1390 g/mol. The van der Waals surface area contributed by atoms with Crippen LogP contribution < -0.4 is 14.2 Å². The second kappa shape index (κ2) is 51.5. The van der Waals surface area contributed by atoms with Crippen LogP contribution in [0.3, 0.4) is 0 Å². The number of fused-ring (bicyclic) bond motifs is 2. The lowest BCUT2D eigenvalue weighted by molar-refractivity contribution is 0.411. The number of hydrogen-bond donors (Lipinski definition) is 1. The maximum absolute atomic E-state index is 9.25. The number of aromatic hydroxyl groups is 1. The van der Waals surface area contributed by atoms with Gasteiger partial charge >= 0.3 is 0 Å². The molecule has 4 nitrogen and oxygen atoms in total. The standard InChI is InChI=1S/C15H16O.C13H16.C12H12.C11H10O.C9H12.C8H10O.C8H10.C7H8O.C7H8S.C7H8.CH4/c1-11-3-5-13(6-4-11)12(2)14-7-9-15(16)10-8-14;1-4-5-8-11(2)13-10-7-6-9-12(13)3;1-9-5-3-7-11-8-4-6-10(2)12(9)11;1-12-11-7-6-9-4-2-3-5-10(9)8-11;1-3-9-7-5-4-6-8(9)2;1-7-5-3-4-6-8(7)9-2;1-2-8-6-4-3-5-7-8;2*1-8-7-5-3-2-4-6-7;1-7-5-3-2-4-6-7;/h3-10,12,16H,1-2H3;4-10H,1-3H3;3-8H,1-2H3;2-8H,1H3;4-7H,3H2,1-2H3;3-6H,1-2H3;3-7H,2H2,1H3;2*2-6H,1H3;2-6H,1H3;1H4/b;5-4-,11-8+;;;;;;;;;. The molecule has 0 bridgehead atoms. The number of thioether (sulfide) groups is 1. The highest BCUT2D eigenvalue weighted by Gasteiger charge is 2.08. The first-order valence-electron chi connectivity index (χ1n) is 35.1. The third-order valence-electron chi connectivity index (χ3n) is 16.5. The summed E-state index contributed by atoms with van der Waals surface area (Å²) in [5.74, 6) is 3.46. The fourth-order valence-electron chi connectivity index (χ4n) is 10.4. The van der Waals surface area contributed by atoms with E-state index in [9.17, 15) is 5.11 Å². The maximum Gasteiger partial charge on any atom is 0.121 e. The molecule has 5 heteroatoms. The summed E-state index contributed by atoms with van der Waals surface area (Å²) in [5.41, 5.74) is 17.3. The summed E-state index contributed by atoms with van der Waals surface area (Å²) < 4.78 is 15.1. The predicted octanol–water partition coefficient (Wildman–Crippen LogP) is 27.7. The van der Waals surface area contributed by atoms with E-state index in [2.05, 4.69) is 264 Å². The second-order valence-corrected chi connectivity index (χ2v) is 25.0. The molecular weight excluding hydrogens is 1270 g/mol. The summed E-state index contributed by atoms with van der Waals surface area (Å²) in [7, 11) is 5.03. The summed E-state index contributed by atoms with van der Waals surface area (Å²) in [6.45, 7) is 25.5. The van der Waals surface area contributed by atoms with Crippen LogP contribution in [0.5, 0.6) is 23.0 Å². The van der Waals surface area contributed by atoms with Crippen LogP contribution in [0.2, 0.25) is 0 Å². The molecule has 1 unspecified atom stereocenters. The van der Waals surface area contributed by atoms with Gasteiger partial charge in [-0.25, -0.2) is 0 Å². The Morgan fingerprint density at radius 3 is 1.28 bits per heavy atom. The summed E-state index contributed by atoms with van der Waals surface area (Å²) in [5, 5.41) is 14.5. The zero-order valence-corrected chi connectivity index (χ0v) is 64.2. The number of para-hydroxylation sites is 2. The van der Waals surface area contributed by atoms with Gasteiger partial charge in [-0.2, -0.15) is 0 Å². The highest BCUT2D eigenvalue weighted by atomic mass is 32.2. The van der Waals surface area contributed by atoms with Gasteiger partial charge < -0.3 is 19.3 Å². The summed E-state index contributed by atoms with van der Waals surface area (Å²) >= 11 is 1.77. The Morgan fingerprint density at radius 1 is 0.408 bits per heavy atom. The van der Waals surface area contributed by atoms with Crippen molar-refractivity contribution in [3.63, 3.8) is 0 Å². The van der Waals surface area contributed by atoms with Crippen LogP contribution in [0.4, 0.5) is 0 Å². The van der Waals surface area contributed by atoms with Gasteiger partial charge in [0.15, 0.2) is 0 Å². The van der Waals surface area contributed by atoms with Crippen LogP contribution in [0.25, 0.3) is 27.1 Å². The SMILES string of the molecule is C.C/C=C\C=C(/C)c1ccccc1C.CCc1ccccc1.CCc1ccccc1C.COc1ccc2ccccc2c1.COc1ccccc1.COc1ccccc1C.CSc1ccccc1.Cc1ccc(C(C)c2ccc(O)cc2)cc1.Cc1cccc2cccc(C)c12.Cc1ccccc1. The smallest absolute Gasteiger partial charge is 0.121 e. The molecule has 0 spiro atoms. The van der Waals surface area contributed by atoms with Crippen molar-refractivity contribution in [3.05, 3.63) is 407 Å². The van der Waals surface area contributed by atoms with Gasteiger partial charge in [0.1, 0.15) is 23.0 Å². The Bertz CT molecular complexity index is 4170. The Hall–Kier alpha value is -10.6. The van der Waals surface area contributed by atoms with E-state index in [1.807, 2.05) is 153 Å². The third-order valence-corrected chi connectivity index (χ3v) is 17.2. The average molecular weight is 1390 g/mol. The number of phenols is 1. The van der Waals surface area contributed by atoms with E-state index >= 15 is 0 Å². The normalized spacial score (nSPS) is 10.2. The van der Waals surface area contributed by atoms with Gasteiger partial charge in [0.25, 0.3) is 0 Å². The first-order chi connectivity index (χ1) is 49.5. The van der Waals surface area contributed by atoms with Crippen molar-refractivity contribution in [1.82, 2.24) is 0 Å². The summed E-state index contributed by atoms with van der Waals surface area (Å²) in [6, 6.07) is 109. The first-order valence-corrected chi connectivity index (χ1v) is 36.3. The van der Waals surface area contributed by atoms with Crippen molar-refractivity contribution >= 4 is 38.9 Å². The van der Waals surface area contributed by atoms with Gasteiger partial charge in [-0.3, -0.25) is 0 Å². The van der Waals surface area contributed by atoms with Crippen LogP contribution in [-0.4, -0.2) is 32.7 Å². The summed E-state index contributed by atoms with van der Waals surface area (Å²) in [4.78, 5) is 1.33. The van der Waals surface area contributed by atoms with E-state index < -0.39 is 0 Å². The fraction of sp³-hybridized carbons (Fsp3) is 0.204. The van der Waals surface area contributed by atoms with Gasteiger partial charge in [0.2, 0.25) is 0 Å². The Balaban J connectivity index is 0.000000300. The maximum atomic E-state index is 9.25. The van der Waals surface area contributed by atoms with Crippen molar-refractivity contribution < 1.29 is 19.3 Å². The third kappa shape index (κ3) is 34.1. The topological polar surface area (TPSA) is 47.9 Å². The summed E-state index contributed by atoms with van der Waals surface area (Å²) in [6.07, 6.45) is 10.6. The Labute approximate surface area is 625 Å². The molecule has 0 saturated heterocycles. The van der Waals surface area contributed by atoms with E-state index in [0.717, 1.165) is 30.1 Å². The van der Waals surface area contributed by atoms with Crippen molar-refractivity contribution in [2.24, 2.45) is 0 Å². The minimum absolute atomic E-state index is 0. The van der Waals surface area contributed by atoms with Crippen molar-refractivity contribution in [2.45, 2.75) is 114 Å². The van der Waals surface area contributed by atoms with Crippen molar-refractivity contribution in [3.8, 4) is 23.0 Å². The second-order valence-electron chi connectivity index (χ2n) is 24.2. The molecule has 0 amide bonds. The fourth-order valence-corrected chi connectivity index (χ4v) is 10.8. The molecule has 1 atom stereocenters. The van der Waals surface area contributed by atoms with E-state index in [1.54, 1.807) is 45.2 Å². The van der Waals surface area contributed by atoms with E-state index in [0.29, 0.717) is 11.7 Å². The molecule has 13 rings (SSSR count). The molecule has 0 aliphatic carbocycles. The van der Waals surface area contributed by atoms with Crippen molar-refractivity contribution in [2.75, 3.05) is 27.6 Å². The van der Waals surface area contributed by atoms with Crippen LogP contribution in [0.1, 0.15) is 115 Å². The molecule has 0 saturated carbocycles. The molecule has 13 aromatic carbocycles. The van der Waals surface area contributed by atoms with Gasteiger partial charge in [0.05, 0.1) is 21.3 Å². The van der Waals surface area contributed by atoms with Crippen LogP contribution >= 0.6 is 11.8 Å². The minimum atomic E-state index is 0. The predicted molar refractivity (Wildman–Crippen MR) is 454 cm³/mol. The molecule has 0 fully saturated rings. The number of methoxy groups -OCH3 is 3. The molecule has 0 aromatic heterocycles. The number of benzene rings is 13. The highest BCUT2D eigenvalue weighted by molar-refractivity contribution is 7.98. The zero-order chi connectivity index (χ0) is 74.1. The van der Waals surface area contributed by atoms with E-state index in [1.165, 1.54) is 98.8 Å². The molecular formula is C98H114O4S. The van der Waals surface area contributed by atoms with Crippen LogP contribution in [-0.2, 0) is 12.8 Å². The molecule has 0 heterocycles. The lowest BCUT2D eigenvalue weighted by Crippen LogP contribution is -1.95. The number of allylic oxidation sites excluding steroid dienone is 4. The van der Waals surface area contributed by atoms with Crippen LogP contribution in [0.15, 0.2) is 345 Å². The van der Waals surface area contributed by atoms with Crippen LogP contribution in [0, 0.1) is 48.5 Å². The Kier molecular flexibility index (Phi) is 43.3. The number of rotatable bonds is 10. The molecule has 1 N–H and O–H groups in total. The lowest BCUT2D eigenvalue weighted by Gasteiger charge is -2.12. The number of phenolic OH excluding ortho intramolecular Hbond substituents is 1. The number of aryl methyl sites for hydroxylation is 9. The highest BCUT2D eigenvalue weighted by Crippen LogP contribution is 2.27. The molecule has 13 aromatic rings. The minimum Gasteiger partial charge on any atom is -0.508 e. The van der Waals surface area contributed by atoms with Gasteiger partial charge in [-0.15, -0.1) is 11.8 Å². The van der Waals surface area contributed by atoms with Crippen molar-refractivity contribution in [1.29, 1.82) is 0 Å². The molecule has 536 valence electrons. The molecule has 103 heavy (non-hydrogen) atoms. The largest absolute Gasteiger partial charge is 0.508 e. The van der Waals surface area contributed by atoms with Gasteiger partial charge in [-0.1, -0.05) is 324 Å². The molecule has 0 radical (unpaired) electrons. The lowest BCUT2D eigenvalue weighted by atomic mass is 9.93. The zero-order valence-electron chi connectivity index (χ0n) is 63.4. The number of hydrogen-bond acceptors (Lipinski definition) is 5. The first kappa shape index (κ1) is 86.6. The average Bonchev–Trinajstić information content (AvgIpc) is 0.836. The van der Waals surface area contributed by atoms with Gasteiger partial charge in [-0.05, 0) is 219 Å². The molecule has 0 aliphatic rings. The van der Waals surface area contributed by atoms with Gasteiger partial charge in [0, 0.05) is 10.8 Å². The number of ether oxygens (including phenoxy) is 3. The Morgan fingerprint density at radius 2 is 0.854 bits per heavy atom. The quantitative estimate of drug-likeness (QED) is 0.109. The molecule has 0 aliphatic heterocycles. The van der Waals surface area contributed by atoms with E-state index in [4.69, 9.17) is 14.2 Å².